The van der Waals surface area contributed by atoms with Crippen molar-refractivity contribution in [1.29, 1.82) is 0 Å². The molecule has 0 bridgehead atoms. The predicted octanol–water partition coefficient (Wildman–Crippen LogP) is -2.58. The van der Waals surface area contributed by atoms with Crippen LogP contribution in [-0.4, -0.2) is 87.1 Å². The molecule has 1 aliphatic rings. The number of likely N-dealkylation sites (tertiary alicyclic amines) is 1. The number of carboxylic acid groups (broad SMARTS) is 2. The van der Waals surface area contributed by atoms with Crippen LogP contribution >= 0.6 is 12.6 Å². The van der Waals surface area contributed by atoms with Gasteiger partial charge in [0, 0.05) is 25.1 Å². The Bertz CT molecular complexity index is 749. The number of thiol groups is 1. The molecular weight excluding hydrogens is 446 g/mol. The van der Waals surface area contributed by atoms with Crippen LogP contribution in [0.4, 0.5) is 0 Å². The molecule has 0 aromatic rings. The maximum Gasteiger partial charge on any atom is 0.326 e. The van der Waals surface area contributed by atoms with Crippen molar-refractivity contribution in [2.45, 2.75) is 62.7 Å². The average Bonchev–Trinajstić information content (AvgIpc) is 3.22. The molecular formula is C18H29N5O8S. The zero-order valence-electron chi connectivity index (χ0n) is 17.4. The monoisotopic (exact) mass is 475 g/mol. The van der Waals surface area contributed by atoms with Crippen LogP contribution in [0.3, 0.4) is 0 Å². The summed E-state index contributed by atoms with van der Waals surface area (Å²) in [6.07, 6.45) is -0.407. The number of aliphatic carboxylic acids is 2. The van der Waals surface area contributed by atoms with E-state index < -0.39 is 66.2 Å². The normalized spacial score (nSPS) is 18.3. The number of nitrogens with zero attached hydrogens (tertiary/aromatic N) is 1. The highest BCUT2D eigenvalue weighted by atomic mass is 32.1. The fourth-order valence-electron chi connectivity index (χ4n) is 3.20. The lowest BCUT2D eigenvalue weighted by Crippen LogP contribution is -2.57. The molecule has 0 aromatic carbocycles. The quantitative estimate of drug-likeness (QED) is 0.139. The van der Waals surface area contributed by atoms with Gasteiger partial charge in [-0.15, -0.1) is 0 Å². The Morgan fingerprint density at radius 2 is 1.66 bits per heavy atom. The van der Waals surface area contributed by atoms with Crippen molar-refractivity contribution in [2.75, 3.05) is 12.3 Å². The second-order valence-corrected chi connectivity index (χ2v) is 7.74. The Kier molecular flexibility index (Phi) is 10.9. The Balaban J connectivity index is 2.94. The van der Waals surface area contributed by atoms with Crippen molar-refractivity contribution in [1.82, 2.24) is 15.5 Å². The number of hydrogen-bond acceptors (Lipinski definition) is 8. The van der Waals surface area contributed by atoms with Gasteiger partial charge in [-0.25, -0.2) is 4.79 Å². The highest BCUT2D eigenvalue weighted by Crippen LogP contribution is 2.20. The molecule has 8 N–H and O–H groups in total. The van der Waals surface area contributed by atoms with Crippen molar-refractivity contribution in [3.05, 3.63) is 0 Å². The van der Waals surface area contributed by atoms with Crippen LogP contribution in [0.25, 0.3) is 0 Å². The van der Waals surface area contributed by atoms with Gasteiger partial charge >= 0.3 is 11.9 Å². The van der Waals surface area contributed by atoms with Crippen LogP contribution in [0.2, 0.25) is 0 Å². The SMILES string of the molecule is NC(=O)CCC(NC(=O)C1CCCN1C(=O)C(CCC(=O)O)NC(=O)C(N)CS)C(=O)O. The molecule has 0 aliphatic carbocycles. The van der Waals surface area contributed by atoms with Crippen molar-refractivity contribution < 1.29 is 39.0 Å². The molecule has 1 aliphatic heterocycles. The number of rotatable bonds is 13. The van der Waals surface area contributed by atoms with E-state index in [-0.39, 0.29) is 38.0 Å². The third-order valence-electron chi connectivity index (χ3n) is 4.93. The Morgan fingerprint density at radius 3 is 2.19 bits per heavy atom. The molecule has 32 heavy (non-hydrogen) atoms. The van der Waals surface area contributed by atoms with Gasteiger partial charge in [-0.1, -0.05) is 0 Å². The van der Waals surface area contributed by atoms with Gasteiger partial charge in [-0.05, 0) is 25.7 Å². The van der Waals surface area contributed by atoms with Crippen LogP contribution < -0.4 is 22.1 Å². The van der Waals surface area contributed by atoms with Gasteiger partial charge in [0.25, 0.3) is 0 Å². The number of primary amides is 1. The van der Waals surface area contributed by atoms with E-state index in [1.807, 2.05) is 0 Å². The molecule has 0 radical (unpaired) electrons. The average molecular weight is 476 g/mol. The van der Waals surface area contributed by atoms with Crippen molar-refractivity contribution in [3.63, 3.8) is 0 Å². The van der Waals surface area contributed by atoms with Crippen LogP contribution in [0, 0.1) is 0 Å². The highest BCUT2D eigenvalue weighted by molar-refractivity contribution is 7.80. The lowest BCUT2D eigenvalue weighted by Gasteiger charge is -2.29. The molecule has 4 atom stereocenters. The number of hydrogen-bond donors (Lipinski definition) is 7. The van der Waals surface area contributed by atoms with Gasteiger partial charge in [-0.3, -0.25) is 24.0 Å². The van der Waals surface area contributed by atoms with E-state index in [1.54, 1.807) is 0 Å². The molecule has 4 unspecified atom stereocenters. The molecule has 13 nitrogen and oxygen atoms in total. The van der Waals surface area contributed by atoms with Gasteiger partial charge in [0.15, 0.2) is 0 Å². The second-order valence-electron chi connectivity index (χ2n) is 7.38. The van der Waals surface area contributed by atoms with Gasteiger partial charge in [0.1, 0.15) is 18.1 Å². The predicted molar refractivity (Wildman–Crippen MR) is 113 cm³/mol. The fraction of sp³-hybridized carbons (Fsp3) is 0.667. The van der Waals surface area contributed by atoms with E-state index >= 15 is 0 Å². The van der Waals surface area contributed by atoms with Crippen LogP contribution in [0.5, 0.6) is 0 Å². The minimum absolute atomic E-state index is 0.00228. The Labute approximate surface area is 189 Å². The number of carbonyl (C=O) groups is 6. The molecule has 0 saturated carbocycles. The summed E-state index contributed by atoms with van der Waals surface area (Å²) >= 11 is 3.92. The Morgan fingerprint density at radius 1 is 1.03 bits per heavy atom. The van der Waals surface area contributed by atoms with E-state index in [2.05, 4.69) is 23.3 Å². The number of nitrogens with two attached hydrogens (primary N) is 2. The Hall–Kier alpha value is -2.87. The van der Waals surface area contributed by atoms with E-state index in [9.17, 15) is 33.9 Å². The molecule has 4 amide bonds. The summed E-state index contributed by atoms with van der Waals surface area (Å²) < 4.78 is 0. The molecule has 1 saturated heterocycles. The smallest absolute Gasteiger partial charge is 0.326 e. The minimum Gasteiger partial charge on any atom is -0.481 e. The fourth-order valence-corrected chi connectivity index (χ4v) is 3.37. The third-order valence-corrected chi connectivity index (χ3v) is 5.32. The topological polar surface area (TPSA) is 222 Å². The maximum absolute atomic E-state index is 13.1. The number of carboxylic acids is 2. The van der Waals surface area contributed by atoms with Gasteiger partial charge < -0.3 is 37.2 Å². The first-order valence-electron chi connectivity index (χ1n) is 9.98. The summed E-state index contributed by atoms with van der Waals surface area (Å²) in [6, 6.07) is -4.63. The van der Waals surface area contributed by atoms with Gasteiger partial charge in [0.05, 0.1) is 6.04 Å². The molecule has 1 fully saturated rings. The second kappa shape index (κ2) is 12.9. The molecule has 1 rings (SSSR count). The number of nitrogens with one attached hydrogen (secondary N) is 2. The van der Waals surface area contributed by atoms with Crippen molar-refractivity contribution in [3.8, 4) is 0 Å². The molecule has 0 spiro atoms. The zero-order chi connectivity index (χ0) is 24.4. The molecule has 0 aromatic heterocycles. The zero-order valence-corrected chi connectivity index (χ0v) is 18.3. The summed E-state index contributed by atoms with van der Waals surface area (Å²) in [7, 11) is 0. The lowest BCUT2D eigenvalue weighted by atomic mass is 10.1. The van der Waals surface area contributed by atoms with Crippen LogP contribution in [0.1, 0.15) is 38.5 Å². The molecule has 180 valence electrons. The van der Waals surface area contributed by atoms with Crippen LogP contribution in [-0.2, 0) is 28.8 Å². The van der Waals surface area contributed by atoms with E-state index in [4.69, 9.17) is 16.6 Å². The molecule has 1 heterocycles. The lowest BCUT2D eigenvalue weighted by molar-refractivity contribution is -0.145. The van der Waals surface area contributed by atoms with Crippen LogP contribution in [0.15, 0.2) is 0 Å². The van der Waals surface area contributed by atoms with Crippen molar-refractivity contribution in [2.24, 2.45) is 11.5 Å². The number of carbonyl (C=O) groups excluding carboxylic acids is 4. The van der Waals surface area contributed by atoms with Crippen molar-refractivity contribution >= 4 is 48.2 Å². The summed E-state index contributed by atoms with van der Waals surface area (Å²) in [4.78, 5) is 72.3. The highest BCUT2D eigenvalue weighted by Gasteiger charge is 2.39. The first-order chi connectivity index (χ1) is 15.0. The summed E-state index contributed by atoms with van der Waals surface area (Å²) in [6.45, 7) is 0.161. The minimum atomic E-state index is -1.37. The van der Waals surface area contributed by atoms with E-state index in [0.717, 1.165) is 0 Å². The molecule has 14 heteroatoms. The first-order valence-corrected chi connectivity index (χ1v) is 10.6. The summed E-state index contributed by atoms with van der Waals surface area (Å²) in [5.74, 6) is -5.35. The standard InChI is InChI=1S/C18H29N5O8S/c19-9(8-32)15(27)21-10(4-6-14(25)26)17(29)23-7-1-2-12(23)16(28)22-11(18(30)31)3-5-13(20)24/h9-12,32H,1-8,19H2,(H2,20,24)(H,21,27)(H,22,28)(H,25,26)(H,30,31). The maximum atomic E-state index is 13.1. The third kappa shape index (κ3) is 8.34. The summed E-state index contributed by atoms with van der Waals surface area (Å²) in [5, 5.41) is 22.9. The largest absolute Gasteiger partial charge is 0.481 e. The van der Waals surface area contributed by atoms with E-state index in [0.29, 0.717) is 6.42 Å². The van der Waals surface area contributed by atoms with Gasteiger partial charge in [-0.2, -0.15) is 12.6 Å². The van der Waals surface area contributed by atoms with E-state index in [1.165, 1.54) is 4.90 Å². The van der Waals surface area contributed by atoms with Gasteiger partial charge in [0.2, 0.25) is 23.6 Å². The first kappa shape index (κ1) is 27.2. The summed E-state index contributed by atoms with van der Waals surface area (Å²) in [5.41, 5.74) is 10.6. The number of amides is 4.